The monoisotopic (exact) mass is 402 g/mol. The molecule has 7 heteroatoms. The van der Waals surface area contributed by atoms with Gasteiger partial charge in [-0.3, -0.25) is 9.59 Å². The molecule has 4 rings (SSSR count). The first kappa shape index (κ1) is 19.4. The molecule has 0 bridgehead atoms. The van der Waals surface area contributed by atoms with Gasteiger partial charge in [-0.25, -0.2) is 4.98 Å². The van der Waals surface area contributed by atoms with Crippen molar-refractivity contribution < 1.29 is 14.3 Å². The van der Waals surface area contributed by atoms with E-state index in [1.54, 1.807) is 36.3 Å². The summed E-state index contributed by atoms with van der Waals surface area (Å²) >= 11 is 0. The molecule has 1 aliphatic rings. The van der Waals surface area contributed by atoms with Gasteiger partial charge in [0, 0.05) is 25.7 Å². The summed E-state index contributed by atoms with van der Waals surface area (Å²) in [4.78, 5) is 32.1. The molecule has 2 heterocycles. The number of nitrogens with zero attached hydrogens (tertiary/aromatic N) is 3. The molecule has 0 atom stereocenters. The summed E-state index contributed by atoms with van der Waals surface area (Å²) in [5, 5.41) is 3.27. The summed E-state index contributed by atoms with van der Waals surface area (Å²) in [5.74, 6) is 1.09. The van der Waals surface area contributed by atoms with Gasteiger partial charge in [-0.15, -0.1) is 0 Å². The molecule has 0 fully saturated rings. The van der Waals surface area contributed by atoms with Crippen molar-refractivity contribution >= 4 is 40.8 Å². The van der Waals surface area contributed by atoms with Gasteiger partial charge in [-0.05, 0) is 37.3 Å². The number of rotatable bonds is 5. The van der Waals surface area contributed by atoms with Gasteiger partial charge in [0.1, 0.15) is 17.9 Å². The highest BCUT2D eigenvalue weighted by Crippen LogP contribution is 2.40. The molecule has 0 saturated heterocycles. The number of aromatic nitrogens is 1. The average Bonchev–Trinajstić information content (AvgIpc) is 2.85. The van der Waals surface area contributed by atoms with Crippen LogP contribution in [-0.4, -0.2) is 37.9 Å². The summed E-state index contributed by atoms with van der Waals surface area (Å²) in [5.41, 5.74) is 4.26. The number of carbonyl (C=O) groups excluding carboxylic acids is 2. The quantitative estimate of drug-likeness (QED) is 0.638. The maximum atomic E-state index is 12.9. The van der Waals surface area contributed by atoms with E-state index in [4.69, 9.17) is 4.74 Å². The van der Waals surface area contributed by atoms with Crippen LogP contribution in [0.15, 0.2) is 54.7 Å². The molecule has 0 aliphatic carbocycles. The molecule has 1 amide bonds. The molecular formula is C23H22N4O3. The SMILES string of the molecule is CCOc1cc(C=O)ccc1Nc1cc2c(cn1)N(C)C(=O)c1ccccc1N2C. The Bertz CT molecular complexity index is 1130. The molecule has 152 valence electrons. The first-order chi connectivity index (χ1) is 14.5. The van der Waals surface area contributed by atoms with E-state index in [1.807, 2.05) is 49.2 Å². The number of hydrogen-bond acceptors (Lipinski definition) is 6. The zero-order chi connectivity index (χ0) is 21.3. The standard InChI is InChI=1S/C23H22N4O3/c1-4-30-21-11-15(14-28)9-10-17(21)25-22-12-19-20(13-24-22)27(3)23(29)16-7-5-6-8-18(16)26(19)2/h5-14H,4H2,1-3H3,(H,24,25). The van der Waals surface area contributed by atoms with Gasteiger partial charge in [-0.2, -0.15) is 0 Å². The van der Waals surface area contributed by atoms with Crippen molar-refractivity contribution in [1.29, 1.82) is 0 Å². The summed E-state index contributed by atoms with van der Waals surface area (Å²) in [7, 11) is 3.68. The minimum Gasteiger partial charge on any atom is -0.492 e. The molecule has 1 N–H and O–H groups in total. The molecule has 3 aromatic rings. The zero-order valence-corrected chi connectivity index (χ0v) is 17.0. The highest BCUT2D eigenvalue weighted by Gasteiger charge is 2.27. The van der Waals surface area contributed by atoms with Crippen molar-refractivity contribution in [3.63, 3.8) is 0 Å². The first-order valence-electron chi connectivity index (χ1n) is 9.63. The van der Waals surface area contributed by atoms with Crippen molar-refractivity contribution in [2.75, 3.05) is 35.8 Å². The fraction of sp³-hybridized carbons (Fsp3) is 0.174. The van der Waals surface area contributed by atoms with E-state index < -0.39 is 0 Å². The maximum absolute atomic E-state index is 12.9. The van der Waals surface area contributed by atoms with E-state index in [2.05, 4.69) is 10.3 Å². The lowest BCUT2D eigenvalue weighted by Crippen LogP contribution is -2.25. The van der Waals surface area contributed by atoms with Crippen LogP contribution in [0.1, 0.15) is 27.6 Å². The smallest absolute Gasteiger partial charge is 0.260 e. The highest BCUT2D eigenvalue weighted by atomic mass is 16.5. The van der Waals surface area contributed by atoms with Crippen LogP contribution in [0.3, 0.4) is 0 Å². The van der Waals surface area contributed by atoms with Gasteiger partial charge in [0.05, 0.1) is 41.1 Å². The molecule has 0 spiro atoms. The predicted molar refractivity (Wildman–Crippen MR) is 118 cm³/mol. The van der Waals surface area contributed by atoms with Crippen molar-refractivity contribution in [3.8, 4) is 5.75 Å². The number of fused-ring (bicyclic) bond motifs is 2. The van der Waals surface area contributed by atoms with Crippen LogP contribution in [0.4, 0.5) is 28.6 Å². The highest BCUT2D eigenvalue weighted by molar-refractivity contribution is 6.13. The predicted octanol–water partition coefficient (Wildman–Crippen LogP) is 4.39. The Balaban J connectivity index is 1.75. The minimum absolute atomic E-state index is 0.0817. The maximum Gasteiger partial charge on any atom is 0.260 e. The fourth-order valence-corrected chi connectivity index (χ4v) is 3.53. The Morgan fingerprint density at radius 1 is 1.03 bits per heavy atom. The number of aldehydes is 1. The van der Waals surface area contributed by atoms with Gasteiger partial charge >= 0.3 is 0 Å². The number of carbonyl (C=O) groups is 2. The third-order valence-corrected chi connectivity index (χ3v) is 5.09. The Morgan fingerprint density at radius 3 is 2.60 bits per heavy atom. The largest absolute Gasteiger partial charge is 0.492 e. The third kappa shape index (κ3) is 3.34. The second kappa shape index (κ2) is 7.87. The van der Waals surface area contributed by atoms with E-state index in [0.29, 0.717) is 40.7 Å². The number of para-hydroxylation sites is 1. The molecule has 0 saturated carbocycles. The minimum atomic E-state index is -0.0817. The number of pyridine rings is 1. The van der Waals surface area contributed by atoms with Gasteiger partial charge in [0.2, 0.25) is 0 Å². The van der Waals surface area contributed by atoms with Gasteiger partial charge in [-0.1, -0.05) is 12.1 Å². The lowest BCUT2D eigenvalue weighted by atomic mass is 10.1. The van der Waals surface area contributed by atoms with Crippen LogP contribution in [0.2, 0.25) is 0 Å². The summed E-state index contributed by atoms with van der Waals surface area (Å²) in [6, 6.07) is 14.6. The van der Waals surface area contributed by atoms with E-state index in [9.17, 15) is 9.59 Å². The second-order valence-corrected chi connectivity index (χ2v) is 6.93. The fourth-order valence-electron chi connectivity index (χ4n) is 3.53. The van der Waals surface area contributed by atoms with Crippen molar-refractivity contribution in [3.05, 3.63) is 65.9 Å². The molecule has 1 aromatic heterocycles. The molecule has 30 heavy (non-hydrogen) atoms. The number of benzene rings is 2. The van der Waals surface area contributed by atoms with Crippen LogP contribution >= 0.6 is 0 Å². The van der Waals surface area contributed by atoms with Crippen molar-refractivity contribution in [2.24, 2.45) is 0 Å². The third-order valence-electron chi connectivity index (χ3n) is 5.09. The van der Waals surface area contributed by atoms with E-state index in [1.165, 1.54) is 0 Å². The Labute approximate surface area is 174 Å². The number of ether oxygens (including phenoxy) is 1. The van der Waals surface area contributed by atoms with Gasteiger partial charge in [0.15, 0.2) is 0 Å². The van der Waals surface area contributed by atoms with Crippen LogP contribution in [0.5, 0.6) is 5.75 Å². The van der Waals surface area contributed by atoms with Crippen molar-refractivity contribution in [1.82, 2.24) is 4.98 Å². The van der Waals surface area contributed by atoms with Gasteiger partial charge < -0.3 is 19.9 Å². The van der Waals surface area contributed by atoms with Crippen molar-refractivity contribution in [2.45, 2.75) is 6.92 Å². The van der Waals surface area contributed by atoms with Crippen LogP contribution < -0.4 is 19.9 Å². The van der Waals surface area contributed by atoms with E-state index in [-0.39, 0.29) is 5.91 Å². The lowest BCUT2D eigenvalue weighted by molar-refractivity contribution is 0.0994. The summed E-state index contributed by atoms with van der Waals surface area (Å²) in [6.45, 7) is 2.36. The van der Waals surface area contributed by atoms with Crippen LogP contribution in [0.25, 0.3) is 0 Å². The summed E-state index contributed by atoms with van der Waals surface area (Å²) in [6.07, 6.45) is 2.46. The molecular weight excluding hydrogens is 380 g/mol. The van der Waals surface area contributed by atoms with Crippen LogP contribution in [0, 0.1) is 0 Å². The topological polar surface area (TPSA) is 74.8 Å². The molecule has 0 radical (unpaired) electrons. The second-order valence-electron chi connectivity index (χ2n) is 6.93. The Hall–Kier alpha value is -3.87. The number of anilines is 5. The van der Waals surface area contributed by atoms with Gasteiger partial charge in [0.25, 0.3) is 5.91 Å². The molecule has 7 nitrogen and oxygen atoms in total. The number of nitrogens with one attached hydrogen (secondary N) is 1. The normalized spacial score (nSPS) is 12.7. The zero-order valence-electron chi connectivity index (χ0n) is 17.0. The number of amides is 1. The van der Waals surface area contributed by atoms with E-state index >= 15 is 0 Å². The number of hydrogen-bond donors (Lipinski definition) is 1. The Kier molecular flexibility index (Phi) is 5.10. The molecule has 0 unspecified atom stereocenters. The lowest BCUT2D eigenvalue weighted by Gasteiger charge is -2.23. The van der Waals surface area contributed by atoms with Crippen LogP contribution in [-0.2, 0) is 0 Å². The average molecular weight is 402 g/mol. The molecule has 2 aromatic carbocycles. The summed E-state index contributed by atoms with van der Waals surface area (Å²) < 4.78 is 5.67. The first-order valence-corrected chi connectivity index (χ1v) is 9.63. The molecule has 1 aliphatic heterocycles. The Morgan fingerprint density at radius 2 is 1.83 bits per heavy atom. The van der Waals surface area contributed by atoms with E-state index in [0.717, 1.165) is 17.7 Å².